The van der Waals surface area contributed by atoms with E-state index in [0.717, 1.165) is 30.5 Å². The topological polar surface area (TPSA) is 19.4 Å². The molecule has 112 valence electrons. The lowest BCUT2D eigenvalue weighted by atomic mass is 10.1. The Balaban J connectivity index is 1.64. The van der Waals surface area contributed by atoms with Gasteiger partial charge in [0.1, 0.15) is 0 Å². The molecular weight excluding hydrogens is 326 g/mol. The summed E-state index contributed by atoms with van der Waals surface area (Å²) in [5.41, 5.74) is 2.48. The summed E-state index contributed by atoms with van der Waals surface area (Å²) in [6.45, 7) is 6.98. The van der Waals surface area contributed by atoms with Crippen LogP contribution in [-0.4, -0.2) is 52.8 Å². The van der Waals surface area contributed by atoms with Crippen molar-refractivity contribution in [3.05, 3.63) is 42.1 Å². The van der Waals surface area contributed by atoms with E-state index in [1.807, 2.05) is 12.3 Å². The van der Waals surface area contributed by atoms with Crippen LogP contribution in [0.1, 0.15) is 12.0 Å². The van der Waals surface area contributed by atoms with Gasteiger partial charge in [-0.05, 0) is 43.3 Å². The molecule has 0 saturated carbocycles. The molecule has 0 radical (unpaired) electrons. The van der Waals surface area contributed by atoms with Crippen molar-refractivity contribution >= 4 is 26.8 Å². The summed E-state index contributed by atoms with van der Waals surface area (Å²) in [4.78, 5) is 9.52. The van der Waals surface area contributed by atoms with E-state index in [2.05, 4.69) is 55.0 Å². The normalized spacial score (nSPS) is 18.0. The molecule has 1 saturated heterocycles. The zero-order chi connectivity index (χ0) is 14.5. The first-order valence-electron chi connectivity index (χ1n) is 7.69. The van der Waals surface area contributed by atoms with Gasteiger partial charge in [-0.3, -0.25) is 9.88 Å². The highest BCUT2D eigenvalue weighted by Gasteiger charge is 2.14. The first-order chi connectivity index (χ1) is 10.3. The number of halogens is 1. The molecule has 0 atom stereocenters. The third-order valence-electron chi connectivity index (χ3n) is 4.16. The number of aromatic nitrogens is 1. The Labute approximate surface area is 135 Å². The van der Waals surface area contributed by atoms with Gasteiger partial charge in [0.15, 0.2) is 0 Å². The molecule has 1 aromatic carbocycles. The quantitative estimate of drug-likeness (QED) is 0.792. The Hall–Kier alpha value is -0.970. The predicted molar refractivity (Wildman–Crippen MR) is 91.9 cm³/mol. The van der Waals surface area contributed by atoms with Crippen molar-refractivity contribution < 1.29 is 0 Å². The van der Waals surface area contributed by atoms with Crippen molar-refractivity contribution in [3.63, 3.8) is 0 Å². The predicted octanol–water partition coefficient (Wildman–Crippen LogP) is 3.14. The summed E-state index contributed by atoms with van der Waals surface area (Å²) in [6, 6.07) is 10.8. The van der Waals surface area contributed by atoms with Crippen LogP contribution in [0.2, 0.25) is 0 Å². The average Bonchev–Trinajstić information content (AvgIpc) is 2.73. The van der Waals surface area contributed by atoms with Crippen molar-refractivity contribution in [1.82, 2.24) is 14.8 Å². The molecule has 3 nitrogen and oxygen atoms in total. The van der Waals surface area contributed by atoms with E-state index in [9.17, 15) is 0 Å². The number of fused-ring (bicyclic) bond motifs is 1. The number of pyridine rings is 1. The van der Waals surface area contributed by atoms with Crippen LogP contribution in [0.5, 0.6) is 0 Å². The Morgan fingerprint density at radius 2 is 1.90 bits per heavy atom. The molecule has 3 rings (SSSR count). The van der Waals surface area contributed by atoms with Gasteiger partial charge in [-0.1, -0.05) is 28.1 Å². The van der Waals surface area contributed by atoms with Crippen molar-refractivity contribution in [1.29, 1.82) is 0 Å². The zero-order valence-corrected chi connectivity index (χ0v) is 13.9. The standard InChI is InChI=1S/C17H22BrN3/c18-6-10-20-8-2-9-21(12-11-20)14-15-4-5-17-16(13-15)3-1-7-19-17/h1,3-5,7,13H,2,6,8-12,14H2. The van der Waals surface area contributed by atoms with Crippen LogP contribution in [0.15, 0.2) is 36.5 Å². The lowest BCUT2D eigenvalue weighted by molar-refractivity contribution is 0.258. The first kappa shape index (κ1) is 14.9. The molecule has 0 aliphatic carbocycles. The number of alkyl halides is 1. The summed E-state index contributed by atoms with van der Waals surface area (Å²) >= 11 is 3.54. The van der Waals surface area contributed by atoms with Crippen molar-refractivity contribution in [2.75, 3.05) is 38.1 Å². The van der Waals surface area contributed by atoms with Gasteiger partial charge in [-0.25, -0.2) is 0 Å². The van der Waals surface area contributed by atoms with Gasteiger partial charge >= 0.3 is 0 Å². The van der Waals surface area contributed by atoms with Crippen LogP contribution in [0.4, 0.5) is 0 Å². The van der Waals surface area contributed by atoms with Crippen molar-refractivity contribution in [3.8, 4) is 0 Å². The smallest absolute Gasteiger partial charge is 0.0702 e. The minimum absolute atomic E-state index is 1.05. The van der Waals surface area contributed by atoms with Crippen LogP contribution in [0, 0.1) is 0 Å². The third-order valence-corrected chi connectivity index (χ3v) is 4.51. The average molecular weight is 348 g/mol. The monoisotopic (exact) mass is 347 g/mol. The molecule has 21 heavy (non-hydrogen) atoms. The van der Waals surface area contributed by atoms with Crippen LogP contribution in [0.25, 0.3) is 10.9 Å². The number of hydrogen-bond donors (Lipinski definition) is 0. The van der Waals surface area contributed by atoms with Gasteiger partial charge < -0.3 is 4.90 Å². The Bertz CT molecular complexity index is 587. The van der Waals surface area contributed by atoms with Gasteiger partial charge in [0.2, 0.25) is 0 Å². The van der Waals surface area contributed by atoms with Gasteiger partial charge in [0, 0.05) is 43.1 Å². The second-order valence-corrected chi connectivity index (χ2v) is 6.48. The maximum absolute atomic E-state index is 4.39. The van der Waals surface area contributed by atoms with E-state index in [1.165, 1.54) is 37.0 Å². The molecule has 1 aromatic heterocycles. The zero-order valence-electron chi connectivity index (χ0n) is 12.3. The lowest BCUT2D eigenvalue weighted by Gasteiger charge is -2.21. The largest absolute Gasteiger partial charge is 0.301 e. The van der Waals surface area contributed by atoms with Gasteiger partial charge in [0.05, 0.1) is 5.52 Å². The third kappa shape index (κ3) is 4.02. The molecule has 1 aliphatic rings. The second-order valence-electron chi connectivity index (χ2n) is 5.69. The van der Waals surface area contributed by atoms with Crippen LogP contribution >= 0.6 is 15.9 Å². The highest BCUT2D eigenvalue weighted by molar-refractivity contribution is 9.09. The van der Waals surface area contributed by atoms with E-state index in [-0.39, 0.29) is 0 Å². The van der Waals surface area contributed by atoms with E-state index < -0.39 is 0 Å². The number of nitrogens with zero attached hydrogens (tertiary/aromatic N) is 3. The van der Waals surface area contributed by atoms with E-state index in [1.54, 1.807) is 0 Å². The van der Waals surface area contributed by atoms with Crippen molar-refractivity contribution in [2.45, 2.75) is 13.0 Å². The van der Waals surface area contributed by atoms with Crippen LogP contribution in [-0.2, 0) is 6.54 Å². The molecule has 4 heteroatoms. The number of rotatable bonds is 4. The summed E-state index contributed by atoms with van der Waals surface area (Å²) in [7, 11) is 0. The molecule has 2 heterocycles. The lowest BCUT2D eigenvalue weighted by Crippen LogP contribution is -2.31. The van der Waals surface area contributed by atoms with E-state index in [4.69, 9.17) is 0 Å². The molecule has 0 spiro atoms. The van der Waals surface area contributed by atoms with E-state index in [0.29, 0.717) is 0 Å². The summed E-state index contributed by atoms with van der Waals surface area (Å²) < 4.78 is 0. The molecule has 0 unspecified atom stereocenters. The Morgan fingerprint density at radius 3 is 2.81 bits per heavy atom. The van der Waals surface area contributed by atoms with Gasteiger partial charge in [0.25, 0.3) is 0 Å². The van der Waals surface area contributed by atoms with E-state index >= 15 is 0 Å². The molecular formula is C17H22BrN3. The summed E-state index contributed by atoms with van der Waals surface area (Å²) in [5.74, 6) is 0. The fourth-order valence-electron chi connectivity index (χ4n) is 3.01. The molecule has 2 aromatic rings. The maximum Gasteiger partial charge on any atom is 0.0702 e. The first-order valence-corrected chi connectivity index (χ1v) is 8.81. The number of hydrogen-bond acceptors (Lipinski definition) is 3. The minimum Gasteiger partial charge on any atom is -0.301 e. The fourth-order valence-corrected chi connectivity index (χ4v) is 3.51. The highest BCUT2D eigenvalue weighted by Crippen LogP contribution is 2.16. The molecule has 0 bridgehead atoms. The molecule has 0 N–H and O–H groups in total. The van der Waals surface area contributed by atoms with Crippen molar-refractivity contribution in [2.24, 2.45) is 0 Å². The van der Waals surface area contributed by atoms with Gasteiger partial charge in [-0.2, -0.15) is 0 Å². The van der Waals surface area contributed by atoms with Gasteiger partial charge in [-0.15, -0.1) is 0 Å². The SMILES string of the molecule is BrCCN1CCCN(Cc2ccc3ncccc3c2)CC1. The molecule has 1 aliphatic heterocycles. The highest BCUT2D eigenvalue weighted by atomic mass is 79.9. The minimum atomic E-state index is 1.05. The molecule has 1 fully saturated rings. The Morgan fingerprint density at radius 1 is 1.05 bits per heavy atom. The van der Waals surface area contributed by atoms with Crippen LogP contribution in [0.3, 0.4) is 0 Å². The van der Waals surface area contributed by atoms with Crippen LogP contribution < -0.4 is 0 Å². The maximum atomic E-state index is 4.39. The fraction of sp³-hybridized carbons (Fsp3) is 0.471. The Kier molecular flexibility index (Phi) is 5.22. The number of benzene rings is 1. The summed E-state index contributed by atoms with van der Waals surface area (Å²) in [6.07, 6.45) is 3.12. The summed E-state index contributed by atoms with van der Waals surface area (Å²) in [5, 5.41) is 2.32. The second kappa shape index (κ2) is 7.34. The molecule has 0 amide bonds.